The highest BCUT2D eigenvalue weighted by Crippen LogP contribution is 2.28. The summed E-state index contributed by atoms with van der Waals surface area (Å²) in [4.78, 5) is 12.0. The number of benzene rings is 1. The van der Waals surface area contributed by atoms with Gasteiger partial charge < -0.3 is 19.9 Å². The fraction of sp³-hybridized carbons (Fsp3) is 0.650. The Balaban J connectivity index is 1.53. The molecule has 3 rings (SSSR count). The minimum atomic E-state index is -3.82. The minimum Gasteiger partial charge on any atom is -0.495 e. The Bertz CT molecular complexity index is 796. The molecular weight excluding hydrogens is 396 g/mol. The highest BCUT2D eigenvalue weighted by molar-refractivity contribution is 7.89. The maximum Gasteiger partial charge on any atom is 0.244 e. The van der Waals surface area contributed by atoms with Gasteiger partial charge in [-0.1, -0.05) is 18.6 Å². The number of aliphatic hydroxyl groups excluding tert-OH is 1. The number of aliphatic hydroxyl groups is 1. The normalized spacial score (nSPS) is 25.2. The van der Waals surface area contributed by atoms with Crippen molar-refractivity contribution < 1.29 is 27.8 Å². The first-order valence-electron chi connectivity index (χ1n) is 10.1. The minimum absolute atomic E-state index is 0.0556. The van der Waals surface area contributed by atoms with Crippen LogP contribution >= 0.6 is 0 Å². The van der Waals surface area contributed by atoms with Gasteiger partial charge in [-0.3, -0.25) is 4.79 Å². The van der Waals surface area contributed by atoms with Crippen LogP contribution in [0.15, 0.2) is 29.2 Å². The molecule has 8 nitrogen and oxygen atoms in total. The number of hydrogen-bond donors (Lipinski definition) is 3. The molecule has 1 aromatic carbocycles. The van der Waals surface area contributed by atoms with Crippen molar-refractivity contribution in [1.29, 1.82) is 0 Å². The van der Waals surface area contributed by atoms with E-state index in [0.717, 1.165) is 19.3 Å². The van der Waals surface area contributed by atoms with Crippen molar-refractivity contribution in [2.45, 2.75) is 61.7 Å². The van der Waals surface area contributed by atoms with E-state index < -0.39 is 22.2 Å². The zero-order valence-electron chi connectivity index (χ0n) is 16.7. The Morgan fingerprint density at radius 3 is 2.66 bits per heavy atom. The molecule has 3 atom stereocenters. The van der Waals surface area contributed by atoms with Crippen LogP contribution in [0.2, 0.25) is 0 Å². The Labute approximate surface area is 172 Å². The summed E-state index contributed by atoms with van der Waals surface area (Å²) < 4.78 is 39.3. The molecule has 2 fully saturated rings. The number of carbonyl (C=O) groups excluding carboxylic acids is 1. The van der Waals surface area contributed by atoms with Crippen molar-refractivity contribution in [3.8, 4) is 5.75 Å². The van der Waals surface area contributed by atoms with Gasteiger partial charge in [0.2, 0.25) is 15.9 Å². The summed E-state index contributed by atoms with van der Waals surface area (Å²) >= 11 is 0. The van der Waals surface area contributed by atoms with Crippen LogP contribution in [-0.2, 0) is 19.6 Å². The van der Waals surface area contributed by atoms with Crippen molar-refractivity contribution in [3.63, 3.8) is 0 Å². The molecule has 3 N–H and O–H groups in total. The molecule has 0 spiro atoms. The number of rotatable bonds is 9. The molecule has 0 bridgehead atoms. The number of carbonyl (C=O) groups is 1. The standard InChI is InChI=1S/C20H30N2O6S/c1-27-17-7-2-3-8-19(17)29(25,26)22-16-10-9-15(28-18(16)13-23)11-12-21-20(24)14-5-4-6-14/h2-3,7-8,14-16,18,22-23H,4-6,9-13H2,1H3,(H,21,24)/t15-,16-,18-/m0/s1. The number of nitrogens with one attached hydrogen (secondary N) is 2. The lowest BCUT2D eigenvalue weighted by Gasteiger charge is -2.36. The molecule has 1 aromatic rings. The van der Waals surface area contributed by atoms with E-state index in [4.69, 9.17) is 9.47 Å². The van der Waals surface area contributed by atoms with E-state index in [-0.39, 0.29) is 35.2 Å². The van der Waals surface area contributed by atoms with E-state index in [1.54, 1.807) is 18.2 Å². The molecule has 0 unspecified atom stereocenters. The fourth-order valence-electron chi connectivity index (χ4n) is 3.75. The van der Waals surface area contributed by atoms with Crippen molar-refractivity contribution in [3.05, 3.63) is 24.3 Å². The summed E-state index contributed by atoms with van der Waals surface area (Å²) in [5, 5.41) is 12.7. The molecule has 1 aliphatic heterocycles. The molecule has 1 heterocycles. The second kappa shape index (κ2) is 9.88. The molecule has 9 heteroatoms. The number of methoxy groups -OCH3 is 1. The highest BCUT2D eigenvalue weighted by atomic mass is 32.2. The summed E-state index contributed by atoms with van der Waals surface area (Å²) in [6, 6.07) is 5.87. The first kappa shape index (κ1) is 22.0. The second-order valence-corrected chi connectivity index (χ2v) is 9.33. The third-order valence-electron chi connectivity index (χ3n) is 5.70. The van der Waals surface area contributed by atoms with Crippen molar-refractivity contribution in [2.75, 3.05) is 20.3 Å². The molecule has 1 amide bonds. The SMILES string of the molecule is COc1ccccc1S(=O)(=O)N[C@H]1CC[C@@H](CCNC(=O)C2CCC2)O[C@H]1CO. The number of ether oxygens (including phenoxy) is 2. The predicted molar refractivity (Wildman–Crippen MR) is 107 cm³/mol. The Kier molecular flexibility index (Phi) is 7.50. The fourth-order valence-corrected chi connectivity index (χ4v) is 5.22. The van der Waals surface area contributed by atoms with Crippen molar-refractivity contribution in [2.24, 2.45) is 5.92 Å². The monoisotopic (exact) mass is 426 g/mol. The van der Waals surface area contributed by atoms with Crippen LogP contribution in [0.1, 0.15) is 38.5 Å². The first-order chi connectivity index (χ1) is 13.9. The Hall–Kier alpha value is -1.68. The van der Waals surface area contributed by atoms with Crippen LogP contribution in [-0.4, -0.2) is 57.9 Å². The van der Waals surface area contributed by atoms with Crippen LogP contribution in [0.5, 0.6) is 5.75 Å². The number of sulfonamides is 1. The first-order valence-corrected chi connectivity index (χ1v) is 11.6. The molecule has 1 saturated heterocycles. The van der Waals surface area contributed by atoms with Gasteiger partial charge in [0, 0.05) is 12.5 Å². The molecule has 2 aliphatic rings. The van der Waals surface area contributed by atoms with E-state index >= 15 is 0 Å². The van der Waals surface area contributed by atoms with E-state index in [1.807, 2.05) is 0 Å². The summed E-state index contributed by atoms with van der Waals surface area (Å²) in [7, 11) is -2.40. The van der Waals surface area contributed by atoms with Gasteiger partial charge >= 0.3 is 0 Å². The molecular formula is C20H30N2O6S. The third-order valence-corrected chi connectivity index (χ3v) is 7.23. The number of para-hydroxylation sites is 1. The van der Waals surface area contributed by atoms with Crippen LogP contribution in [0.25, 0.3) is 0 Å². The second-order valence-electron chi connectivity index (χ2n) is 7.64. The van der Waals surface area contributed by atoms with Crippen LogP contribution in [0, 0.1) is 5.92 Å². The van der Waals surface area contributed by atoms with Crippen molar-refractivity contribution >= 4 is 15.9 Å². The van der Waals surface area contributed by atoms with Gasteiger partial charge in [0.25, 0.3) is 0 Å². The average molecular weight is 427 g/mol. The molecule has 0 radical (unpaired) electrons. The lowest BCUT2D eigenvalue weighted by Crippen LogP contribution is -2.51. The quantitative estimate of drug-likeness (QED) is 0.547. The van der Waals surface area contributed by atoms with E-state index in [0.29, 0.717) is 25.8 Å². The van der Waals surface area contributed by atoms with Gasteiger partial charge in [-0.15, -0.1) is 0 Å². The van der Waals surface area contributed by atoms with E-state index in [9.17, 15) is 18.3 Å². The zero-order chi connectivity index (χ0) is 20.9. The molecule has 0 aromatic heterocycles. The Morgan fingerprint density at radius 2 is 2.00 bits per heavy atom. The van der Waals surface area contributed by atoms with Gasteiger partial charge in [-0.25, -0.2) is 13.1 Å². The maximum absolute atomic E-state index is 12.8. The van der Waals surface area contributed by atoms with Crippen LogP contribution in [0.4, 0.5) is 0 Å². The van der Waals surface area contributed by atoms with Crippen LogP contribution in [0.3, 0.4) is 0 Å². The lowest BCUT2D eigenvalue weighted by molar-refractivity contribution is -0.127. The summed E-state index contributed by atoms with van der Waals surface area (Å²) in [6.45, 7) is 0.236. The average Bonchev–Trinajstić information content (AvgIpc) is 2.67. The zero-order valence-corrected chi connectivity index (χ0v) is 17.5. The van der Waals surface area contributed by atoms with Gasteiger partial charge in [0.05, 0.1) is 32.0 Å². The van der Waals surface area contributed by atoms with Gasteiger partial charge in [0.15, 0.2) is 0 Å². The third kappa shape index (κ3) is 5.48. The summed E-state index contributed by atoms with van der Waals surface area (Å²) in [5.41, 5.74) is 0. The van der Waals surface area contributed by atoms with E-state index in [2.05, 4.69) is 10.0 Å². The smallest absolute Gasteiger partial charge is 0.244 e. The van der Waals surface area contributed by atoms with Crippen molar-refractivity contribution in [1.82, 2.24) is 10.0 Å². The summed E-state index contributed by atoms with van der Waals surface area (Å²) in [5.74, 6) is 0.520. The maximum atomic E-state index is 12.8. The molecule has 162 valence electrons. The van der Waals surface area contributed by atoms with Gasteiger partial charge in [0.1, 0.15) is 10.6 Å². The number of hydrogen-bond acceptors (Lipinski definition) is 6. The highest BCUT2D eigenvalue weighted by Gasteiger charge is 2.34. The Morgan fingerprint density at radius 1 is 1.24 bits per heavy atom. The van der Waals surface area contributed by atoms with Gasteiger partial charge in [-0.05, 0) is 44.2 Å². The largest absolute Gasteiger partial charge is 0.495 e. The van der Waals surface area contributed by atoms with Crippen LogP contribution < -0.4 is 14.8 Å². The summed E-state index contributed by atoms with van der Waals surface area (Å²) in [6.07, 6.45) is 4.12. The molecule has 1 saturated carbocycles. The number of amides is 1. The van der Waals surface area contributed by atoms with Gasteiger partial charge in [-0.2, -0.15) is 0 Å². The topological polar surface area (TPSA) is 114 Å². The predicted octanol–water partition coefficient (Wildman–Crippen LogP) is 1.19. The lowest BCUT2D eigenvalue weighted by atomic mass is 9.85. The van der Waals surface area contributed by atoms with E-state index in [1.165, 1.54) is 13.2 Å². The molecule has 29 heavy (non-hydrogen) atoms. The molecule has 1 aliphatic carbocycles.